The van der Waals surface area contributed by atoms with Crippen molar-refractivity contribution in [2.24, 2.45) is 0 Å². The van der Waals surface area contributed by atoms with E-state index in [4.69, 9.17) is 17.3 Å². The minimum atomic E-state index is -0.0662. The summed E-state index contributed by atoms with van der Waals surface area (Å²) in [4.78, 5) is 16.4. The lowest BCUT2D eigenvalue weighted by Gasteiger charge is -2.17. The summed E-state index contributed by atoms with van der Waals surface area (Å²) in [6.45, 7) is 7.35. The van der Waals surface area contributed by atoms with Gasteiger partial charge in [0.2, 0.25) is 5.65 Å². The number of aromatic nitrogens is 6. The van der Waals surface area contributed by atoms with Crippen molar-refractivity contribution in [2.75, 3.05) is 5.73 Å². The molecule has 6 rings (SSSR count). The van der Waals surface area contributed by atoms with E-state index >= 15 is 0 Å². The standard InChI is InChI=1S/C27H20N8/c1-29-18-10-5-9-17(13-18)19-11-6-12-22-25(19)32-24(30-22)15-20(16-7-3-2-4-8-16)21-14-23(28)31-27-26(21)33-35-34-27/h2-14,20H,15H2,(H,30,32)(H3,28,31,33,34,35)/t20-/m1/s1. The Kier molecular flexibility index (Phi) is 4.93. The van der Waals surface area contributed by atoms with E-state index in [0.717, 1.165) is 39.1 Å². The number of pyridine rings is 1. The maximum Gasteiger partial charge on any atom is 0.203 e. The van der Waals surface area contributed by atoms with Gasteiger partial charge in [-0.25, -0.2) is 14.8 Å². The van der Waals surface area contributed by atoms with Crippen LogP contribution in [0, 0.1) is 6.57 Å². The highest BCUT2D eigenvalue weighted by molar-refractivity contribution is 5.92. The van der Waals surface area contributed by atoms with Crippen LogP contribution in [-0.2, 0) is 6.42 Å². The summed E-state index contributed by atoms with van der Waals surface area (Å²) >= 11 is 0. The van der Waals surface area contributed by atoms with Crippen molar-refractivity contribution >= 4 is 33.7 Å². The number of fused-ring (bicyclic) bond motifs is 2. The number of H-pyrrole nitrogens is 2. The van der Waals surface area contributed by atoms with Crippen LogP contribution >= 0.6 is 0 Å². The molecule has 3 heterocycles. The number of benzene rings is 3. The first-order chi connectivity index (χ1) is 17.2. The van der Waals surface area contributed by atoms with E-state index in [1.54, 1.807) is 0 Å². The van der Waals surface area contributed by atoms with Gasteiger partial charge in [-0.3, -0.25) is 0 Å². The Labute approximate surface area is 200 Å². The minimum absolute atomic E-state index is 0.0662. The van der Waals surface area contributed by atoms with Gasteiger partial charge in [0.15, 0.2) is 5.69 Å². The number of nitrogens with two attached hydrogens (primary N) is 1. The van der Waals surface area contributed by atoms with Crippen LogP contribution in [0.4, 0.5) is 11.5 Å². The van der Waals surface area contributed by atoms with Gasteiger partial charge in [0, 0.05) is 17.9 Å². The summed E-state index contributed by atoms with van der Waals surface area (Å²) in [7, 11) is 0. The average Bonchev–Trinajstić information content (AvgIpc) is 3.54. The van der Waals surface area contributed by atoms with Gasteiger partial charge >= 0.3 is 0 Å². The molecular formula is C27H20N8. The molecular weight excluding hydrogens is 436 g/mol. The van der Waals surface area contributed by atoms with Crippen LogP contribution in [0.15, 0.2) is 78.9 Å². The van der Waals surface area contributed by atoms with E-state index in [0.29, 0.717) is 29.1 Å². The highest BCUT2D eigenvalue weighted by Gasteiger charge is 2.22. The third-order valence-corrected chi connectivity index (χ3v) is 6.16. The van der Waals surface area contributed by atoms with E-state index in [1.807, 2.05) is 66.7 Å². The lowest BCUT2D eigenvalue weighted by atomic mass is 9.88. The molecule has 3 aromatic carbocycles. The Morgan fingerprint density at radius 1 is 0.886 bits per heavy atom. The molecule has 0 saturated heterocycles. The van der Waals surface area contributed by atoms with Gasteiger partial charge in [0.1, 0.15) is 17.2 Å². The topological polar surface area (TPSA) is 114 Å². The number of nitrogen functional groups attached to an aromatic ring is 1. The van der Waals surface area contributed by atoms with Crippen molar-refractivity contribution in [3.8, 4) is 11.1 Å². The summed E-state index contributed by atoms with van der Waals surface area (Å²) in [6.07, 6.45) is 0.603. The van der Waals surface area contributed by atoms with Gasteiger partial charge in [-0.2, -0.15) is 10.3 Å². The minimum Gasteiger partial charge on any atom is -0.384 e. The summed E-state index contributed by atoms with van der Waals surface area (Å²) in [5.41, 5.74) is 13.7. The molecule has 0 fully saturated rings. The number of hydrogen-bond donors (Lipinski definition) is 3. The zero-order chi connectivity index (χ0) is 23.8. The molecule has 3 aromatic heterocycles. The van der Waals surface area contributed by atoms with Crippen molar-refractivity contribution in [3.05, 3.63) is 107 Å². The second-order valence-electron chi connectivity index (χ2n) is 8.35. The highest BCUT2D eigenvalue weighted by Crippen LogP contribution is 2.34. The van der Waals surface area contributed by atoms with Gasteiger partial charge in [-0.05, 0) is 34.9 Å². The number of anilines is 1. The number of nitrogens with one attached hydrogen (secondary N) is 2. The molecule has 8 heteroatoms. The molecule has 0 spiro atoms. The molecule has 6 aromatic rings. The zero-order valence-corrected chi connectivity index (χ0v) is 18.6. The normalized spacial score (nSPS) is 12.1. The van der Waals surface area contributed by atoms with Crippen LogP contribution in [0.1, 0.15) is 22.9 Å². The number of hydrogen-bond acceptors (Lipinski definition) is 5. The predicted octanol–water partition coefficient (Wildman–Crippen LogP) is 5.40. The Bertz CT molecular complexity index is 1710. The monoisotopic (exact) mass is 456 g/mol. The molecule has 0 amide bonds. The van der Waals surface area contributed by atoms with Gasteiger partial charge in [0.25, 0.3) is 0 Å². The van der Waals surface area contributed by atoms with Gasteiger partial charge < -0.3 is 10.7 Å². The fraction of sp³-hybridized carbons (Fsp3) is 0.0741. The van der Waals surface area contributed by atoms with Gasteiger partial charge in [0.05, 0.1) is 17.6 Å². The number of rotatable bonds is 5. The molecule has 168 valence electrons. The molecule has 0 bridgehead atoms. The van der Waals surface area contributed by atoms with Crippen molar-refractivity contribution in [2.45, 2.75) is 12.3 Å². The van der Waals surface area contributed by atoms with E-state index in [2.05, 4.69) is 42.4 Å². The Morgan fingerprint density at radius 2 is 1.74 bits per heavy atom. The first-order valence-corrected chi connectivity index (χ1v) is 11.2. The van der Waals surface area contributed by atoms with Gasteiger partial charge in [-0.15, -0.1) is 5.10 Å². The highest BCUT2D eigenvalue weighted by atomic mass is 15.3. The van der Waals surface area contributed by atoms with Crippen LogP contribution in [-0.4, -0.2) is 30.4 Å². The molecule has 1 atom stereocenters. The van der Waals surface area contributed by atoms with E-state index in [-0.39, 0.29) is 5.92 Å². The summed E-state index contributed by atoms with van der Waals surface area (Å²) < 4.78 is 0. The van der Waals surface area contributed by atoms with Crippen molar-refractivity contribution in [3.63, 3.8) is 0 Å². The molecule has 4 N–H and O–H groups in total. The second-order valence-corrected chi connectivity index (χ2v) is 8.35. The van der Waals surface area contributed by atoms with Crippen LogP contribution in [0.25, 0.3) is 38.2 Å². The summed E-state index contributed by atoms with van der Waals surface area (Å²) in [6, 6.07) is 25.8. The molecule has 35 heavy (non-hydrogen) atoms. The lowest BCUT2D eigenvalue weighted by molar-refractivity contribution is 0.771. The molecule has 0 radical (unpaired) electrons. The van der Waals surface area contributed by atoms with Crippen molar-refractivity contribution in [1.29, 1.82) is 0 Å². The number of nitrogens with zero attached hydrogens (tertiary/aromatic N) is 5. The predicted molar refractivity (Wildman–Crippen MR) is 136 cm³/mol. The molecule has 0 aliphatic heterocycles. The van der Waals surface area contributed by atoms with E-state index < -0.39 is 0 Å². The van der Waals surface area contributed by atoms with Gasteiger partial charge in [-0.1, -0.05) is 60.7 Å². The molecule has 0 unspecified atom stereocenters. The summed E-state index contributed by atoms with van der Waals surface area (Å²) in [5, 5.41) is 11.2. The first kappa shape index (κ1) is 20.6. The summed E-state index contributed by atoms with van der Waals surface area (Å²) in [5.74, 6) is 1.17. The van der Waals surface area contributed by atoms with Crippen molar-refractivity contribution in [1.82, 2.24) is 30.4 Å². The molecule has 0 aliphatic carbocycles. The maximum absolute atomic E-state index is 7.35. The zero-order valence-electron chi connectivity index (χ0n) is 18.6. The SMILES string of the molecule is [C-]#[N+]c1cccc(-c2cccc3[nH]c(C[C@H](c4ccccc4)c4cc(N)nc5n[nH]nc45)nc23)c1. The molecule has 0 aliphatic rings. The van der Waals surface area contributed by atoms with E-state index in [1.165, 1.54) is 0 Å². The number of aromatic amines is 2. The smallest absolute Gasteiger partial charge is 0.203 e. The Hall–Kier alpha value is -5.03. The first-order valence-electron chi connectivity index (χ1n) is 11.2. The Morgan fingerprint density at radius 3 is 2.60 bits per heavy atom. The number of para-hydroxylation sites is 1. The fourth-order valence-corrected chi connectivity index (χ4v) is 4.59. The average molecular weight is 457 g/mol. The van der Waals surface area contributed by atoms with E-state index in [9.17, 15) is 0 Å². The number of imidazole rings is 1. The molecule has 0 saturated carbocycles. The van der Waals surface area contributed by atoms with Crippen molar-refractivity contribution < 1.29 is 0 Å². The van der Waals surface area contributed by atoms with Crippen LogP contribution in [0.3, 0.4) is 0 Å². The fourth-order valence-electron chi connectivity index (χ4n) is 4.59. The lowest BCUT2D eigenvalue weighted by Crippen LogP contribution is -2.08. The molecule has 8 nitrogen and oxygen atoms in total. The Balaban J connectivity index is 1.47. The third kappa shape index (κ3) is 3.75. The largest absolute Gasteiger partial charge is 0.384 e. The van der Waals surface area contributed by atoms with Crippen LogP contribution < -0.4 is 5.73 Å². The van der Waals surface area contributed by atoms with Crippen LogP contribution in [0.2, 0.25) is 0 Å². The maximum atomic E-state index is 7.35. The second kappa shape index (κ2) is 8.39. The quantitative estimate of drug-likeness (QED) is 0.300. The third-order valence-electron chi connectivity index (χ3n) is 6.16. The van der Waals surface area contributed by atoms with Crippen LogP contribution in [0.5, 0.6) is 0 Å².